The minimum absolute atomic E-state index is 0.316. The Morgan fingerprint density at radius 1 is 1.29 bits per heavy atom. The highest BCUT2D eigenvalue weighted by molar-refractivity contribution is 5.86. The highest BCUT2D eigenvalue weighted by atomic mass is 14.8. The van der Waals surface area contributed by atoms with Crippen LogP contribution in [0.25, 0.3) is 0 Å². The summed E-state index contributed by atoms with van der Waals surface area (Å²) in [5.41, 5.74) is 2.65. The summed E-state index contributed by atoms with van der Waals surface area (Å²) >= 11 is 0. The Labute approximate surface area is 85.9 Å². The van der Waals surface area contributed by atoms with Crippen LogP contribution in [0, 0.1) is 5.92 Å². The van der Waals surface area contributed by atoms with Crippen LogP contribution < -0.4 is 0 Å². The van der Waals surface area contributed by atoms with Crippen molar-refractivity contribution in [3.05, 3.63) is 35.9 Å². The summed E-state index contributed by atoms with van der Waals surface area (Å²) in [6, 6.07) is 10.8. The zero-order valence-corrected chi connectivity index (χ0v) is 8.90. The van der Waals surface area contributed by atoms with Gasteiger partial charge in [0.15, 0.2) is 0 Å². The third-order valence-electron chi connectivity index (χ3n) is 2.85. The van der Waals surface area contributed by atoms with Crippen molar-refractivity contribution in [2.45, 2.75) is 32.7 Å². The minimum Gasteiger partial charge on any atom is -0.286 e. The van der Waals surface area contributed by atoms with E-state index in [9.17, 15) is 0 Å². The molecule has 2 rings (SSSR count). The van der Waals surface area contributed by atoms with Gasteiger partial charge in [-0.15, -0.1) is 0 Å². The number of hydrogen-bond donors (Lipinski definition) is 0. The normalized spacial score (nSPS) is 19.4. The first-order chi connectivity index (χ1) is 6.77. The molecule has 0 spiro atoms. The number of hydrogen-bond acceptors (Lipinski definition) is 1. The standard InChI is InChI=1S/C13H17N/c1-10(12-6-4-3-5-7-12)14-11(2)13-8-9-13/h3-7,10,13H,8-9H2,1-2H3/b14-11+/t10-/m0/s1. The van der Waals surface area contributed by atoms with Crippen molar-refractivity contribution < 1.29 is 0 Å². The highest BCUT2D eigenvalue weighted by Gasteiger charge is 2.24. The van der Waals surface area contributed by atoms with Crippen molar-refractivity contribution in [1.82, 2.24) is 0 Å². The van der Waals surface area contributed by atoms with Gasteiger partial charge in [0, 0.05) is 5.71 Å². The van der Waals surface area contributed by atoms with Gasteiger partial charge in [0.1, 0.15) is 0 Å². The van der Waals surface area contributed by atoms with Crippen molar-refractivity contribution in [2.24, 2.45) is 10.9 Å². The second-order valence-electron chi connectivity index (χ2n) is 4.13. The van der Waals surface area contributed by atoms with E-state index in [0.717, 1.165) is 5.92 Å². The number of benzene rings is 1. The molecule has 0 heterocycles. The van der Waals surface area contributed by atoms with Crippen LogP contribution in [0.5, 0.6) is 0 Å². The summed E-state index contributed by atoms with van der Waals surface area (Å²) in [6.45, 7) is 4.33. The Kier molecular flexibility index (Phi) is 2.67. The summed E-state index contributed by atoms with van der Waals surface area (Å²) < 4.78 is 0. The Hall–Kier alpha value is -1.11. The molecule has 0 radical (unpaired) electrons. The predicted octanol–water partition coefficient (Wildman–Crippen LogP) is 3.62. The van der Waals surface area contributed by atoms with E-state index in [2.05, 4.69) is 38.1 Å². The highest BCUT2D eigenvalue weighted by Crippen LogP contribution is 2.31. The van der Waals surface area contributed by atoms with E-state index >= 15 is 0 Å². The smallest absolute Gasteiger partial charge is 0.0720 e. The fraction of sp³-hybridized carbons (Fsp3) is 0.462. The molecule has 1 aromatic rings. The lowest BCUT2D eigenvalue weighted by molar-refractivity contribution is 0.810. The van der Waals surface area contributed by atoms with Crippen molar-refractivity contribution >= 4 is 5.71 Å². The molecule has 0 aliphatic heterocycles. The molecule has 1 nitrogen and oxygen atoms in total. The zero-order chi connectivity index (χ0) is 9.97. The number of aliphatic imine (C=N–C) groups is 1. The van der Waals surface area contributed by atoms with Crippen LogP contribution in [-0.2, 0) is 0 Å². The van der Waals surface area contributed by atoms with Crippen molar-refractivity contribution in [3.63, 3.8) is 0 Å². The number of rotatable bonds is 3. The quantitative estimate of drug-likeness (QED) is 0.641. The van der Waals surface area contributed by atoms with Crippen LogP contribution in [0.3, 0.4) is 0 Å². The monoisotopic (exact) mass is 187 g/mol. The molecule has 0 N–H and O–H groups in total. The molecule has 0 amide bonds. The van der Waals surface area contributed by atoms with Gasteiger partial charge in [0.25, 0.3) is 0 Å². The molecule has 74 valence electrons. The largest absolute Gasteiger partial charge is 0.286 e. The average Bonchev–Trinajstić information content (AvgIpc) is 3.02. The molecular formula is C13H17N. The Bertz CT molecular complexity index is 322. The first kappa shape index (κ1) is 9.45. The summed E-state index contributed by atoms with van der Waals surface area (Å²) in [5, 5.41) is 0. The van der Waals surface area contributed by atoms with Crippen molar-refractivity contribution in [3.8, 4) is 0 Å². The summed E-state index contributed by atoms with van der Waals surface area (Å²) in [6.07, 6.45) is 2.69. The van der Waals surface area contributed by atoms with E-state index in [4.69, 9.17) is 4.99 Å². The molecule has 1 aromatic carbocycles. The fourth-order valence-electron chi connectivity index (χ4n) is 1.72. The van der Waals surface area contributed by atoms with Gasteiger partial charge in [0.05, 0.1) is 6.04 Å². The summed E-state index contributed by atoms with van der Waals surface area (Å²) in [4.78, 5) is 4.73. The molecule has 0 saturated heterocycles. The van der Waals surface area contributed by atoms with Gasteiger partial charge in [-0.3, -0.25) is 4.99 Å². The Morgan fingerprint density at radius 2 is 1.93 bits per heavy atom. The summed E-state index contributed by atoms with van der Waals surface area (Å²) in [7, 11) is 0. The van der Waals surface area contributed by atoms with Gasteiger partial charge in [-0.25, -0.2) is 0 Å². The van der Waals surface area contributed by atoms with Crippen LogP contribution in [0.1, 0.15) is 38.3 Å². The van der Waals surface area contributed by atoms with E-state index < -0.39 is 0 Å². The van der Waals surface area contributed by atoms with Crippen molar-refractivity contribution in [1.29, 1.82) is 0 Å². The van der Waals surface area contributed by atoms with Crippen LogP contribution in [0.2, 0.25) is 0 Å². The van der Waals surface area contributed by atoms with Gasteiger partial charge in [0.2, 0.25) is 0 Å². The molecule has 1 fully saturated rings. The molecule has 1 heteroatoms. The maximum Gasteiger partial charge on any atom is 0.0720 e. The molecule has 0 bridgehead atoms. The van der Waals surface area contributed by atoms with Gasteiger partial charge < -0.3 is 0 Å². The lowest BCUT2D eigenvalue weighted by Crippen LogP contribution is -1.98. The van der Waals surface area contributed by atoms with Crippen LogP contribution in [0.4, 0.5) is 0 Å². The first-order valence-electron chi connectivity index (χ1n) is 5.36. The zero-order valence-electron chi connectivity index (χ0n) is 8.90. The maximum absolute atomic E-state index is 4.73. The van der Waals surface area contributed by atoms with Crippen LogP contribution in [-0.4, -0.2) is 5.71 Å². The summed E-state index contributed by atoms with van der Waals surface area (Å²) in [5.74, 6) is 0.793. The third kappa shape index (κ3) is 2.22. The maximum atomic E-state index is 4.73. The Morgan fingerprint density at radius 3 is 2.50 bits per heavy atom. The second-order valence-corrected chi connectivity index (χ2v) is 4.13. The van der Waals surface area contributed by atoms with E-state index in [-0.39, 0.29) is 0 Å². The topological polar surface area (TPSA) is 12.4 Å². The average molecular weight is 187 g/mol. The first-order valence-corrected chi connectivity index (χ1v) is 5.36. The SMILES string of the molecule is C/C(=N\[C@@H](C)c1ccccc1)C1CC1. The van der Waals surface area contributed by atoms with Crippen molar-refractivity contribution in [2.75, 3.05) is 0 Å². The van der Waals surface area contributed by atoms with Crippen LogP contribution >= 0.6 is 0 Å². The van der Waals surface area contributed by atoms with Gasteiger partial charge in [-0.1, -0.05) is 30.3 Å². The van der Waals surface area contributed by atoms with Gasteiger partial charge in [-0.05, 0) is 38.2 Å². The van der Waals surface area contributed by atoms with Crippen LogP contribution in [0.15, 0.2) is 35.3 Å². The molecule has 1 saturated carbocycles. The second kappa shape index (κ2) is 3.95. The van der Waals surface area contributed by atoms with E-state index in [0.29, 0.717) is 6.04 Å². The molecule has 1 atom stereocenters. The van der Waals surface area contributed by atoms with E-state index in [1.54, 1.807) is 0 Å². The van der Waals surface area contributed by atoms with Gasteiger partial charge in [-0.2, -0.15) is 0 Å². The fourth-order valence-corrected chi connectivity index (χ4v) is 1.72. The molecule has 0 aromatic heterocycles. The molecule has 14 heavy (non-hydrogen) atoms. The van der Waals surface area contributed by atoms with Gasteiger partial charge >= 0.3 is 0 Å². The molecule has 1 aliphatic carbocycles. The van der Waals surface area contributed by atoms with E-state index in [1.807, 2.05) is 6.07 Å². The lowest BCUT2D eigenvalue weighted by atomic mass is 10.1. The third-order valence-corrected chi connectivity index (χ3v) is 2.85. The minimum atomic E-state index is 0.316. The predicted molar refractivity (Wildman–Crippen MR) is 60.7 cm³/mol. The Balaban J connectivity index is 2.08. The molecule has 1 aliphatic rings. The molecule has 0 unspecified atom stereocenters. The van der Waals surface area contributed by atoms with E-state index in [1.165, 1.54) is 24.1 Å². The molecular weight excluding hydrogens is 170 g/mol. The lowest BCUT2D eigenvalue weighted by Gasteiger charge is -2.08. The number of nitrogens with zero attached hydrogens (tertiary/aromatic N) is 1.